The molecule has 0 radical (unpaired) electrons. The highest BCUT2D eigenvalue weighted by atomic mass is 32.1. The summed E-state index contributed by atoms with van der Waals surface area (Å²) < 4.78 is 10.4. The number of hydrogen-bond donors (Lipinski definition) is 1. The summed E-state index contributed by atoms with van der Waals surface area (Å²) in [7, 11) is 3.06. The fraction of sp³-hybridized carbons (Fsp3) is 0.364. The first kappa shape index (κ1) is 20.1. The van der Waals surface area contributed by atoms with Gasteiger partial charge in [-0.2, -0.15) is 0 Å². The van der Waals surface area contributed by atoms with Crippen LogP contribution in [-0.4, -0.2) is 36.2 Å². The zero-order chi connectivity index (χ0) is 19.9. The van der Waals surface area contributed by atoms with E-state index in [2.05, 4.69) is 16.3 Å². The second-order valence-electron chi connectivity index (χ2n) is 6.85. The van der Waals surface area contributed by atoms with Crippen LogP contribution in [-0.2, 0) is 11.3 Å². The number of nitrogens with one attached hydrogen (secondary N) is 1. The number of nitrogens with zero attached hydrogens (tertiary/aromatic N) is 1. The van der Waals surface area contributed by atoms with E-state index >= 15 is 0 Å². The van der Waals surface area contributed by atoms with Crippen LogP contribution in [0.15, 0.2) is 48.5 Å². The van der Waals surface area contributed by atoms with Gasteiger partial charge < -0.3 is 19.7 Å². The summed E-state index contributed by atoms with van der Waals surface area (Å²) >= 11 is 5.78. The summed E-state index contributed by atoms with van der Waals surface area (Å²) in [6, 6.07) is 15.6. The predicted molar refractivity (Wildman–Crippen MR) is 115 cm³/mol. The van der Waals surface area contributed by atoms with Crippen molar-refractivity contribution in [2.75, 3.05) is 19.5 Å². The van der Waals surface area contributed by atoms with Crippen molar-refractivity contribution in [2.24, 2.45) is 0 Å². The van der Waals surface area contributed by atoms with Gasteiger partial charge in [-0.3, -0.25) is 0 Å². The fourth-order valence-corrected chi connectivity index (χ4v) is 3.99. The Morgan fingerprint density at radius 3 is 2.50 bits per heavy atom. The minimum absolute atomic E-state index is 0.371. The monoisotopic (exact) mass is 398 g/mol. The average molecular weight is 399 g/mol. The van der Waals surface area contributed by atoms with Crippen molar-refractivity contribution in [3.8, 4) is 5.75 Å². The van der Waals surface area contributed by atoms with Gasteiger partial charge >= 0.3 is 5.97 Å². The van der Waals surface area contributed by atoms with Crippen molar-refractivity contribution in [3.63, 3.8) is 0 Å². The molecule has 2 aromatic carbocycles. The summed E-state index contributed by atoms with van der Waals surface area (Å²) in [5, 5.41) is 3.88. The standard InChI is InChI=1S/C22H26N2O3S/c1-26-20-14-8-3-9-16(20)15-24(17-10-4-5-11-17)22(28)23-19-13-7-6-12-18(19)21(25)27-2/h3,6-9,12-14,17H,4-5,10-11,15H2,1-2H3,(H,23,28). The highest BCUT2D eigenvalue weighted by Crippen LogP contribution is 2.28. The molecule has 0 saturated heterocycles. The molecule has 0 atom stereocenters. The van der Waals surface area contributed by atoms with Crippen molar-refractivity contribution in [1.29, 1.82) is 0 Å². The smallest absolute Gasteiger partial charge is 0.339 e. The minimum atomic E-state index is -0.386. The molecule has 1 N–H and O–H groups in total. The lowest BCUT2D eigenvalue weighted by molar-refractivity contribution is 0.0602. The summed E-state index contributed by atoms with van der Waals surface area (Å²) in [6.07, 6.45) is 4.62. The van der Waals surface area contributed by atoms with Gasteiger partial charge in [-0.25, -0.2) is 4.79 Å². The first-order valence-corrected chi connectivity index (χ1v) is 9.91. The molecule has 3 rings (SSSR count). The molecule has 0 aromatic heterocycles. The molecule has 0 bridgehead atoms. The molecule has 0 aliphatic heterocycles. The maximum Gasteiger partial charge on any atom is 0.339 e. The Hall–Kier alpha value is -2.60. The van der Waals surface area contributed by atoms with E-state index in [-0.39, 0.29) is 5.97 Å². The number of anilines is 1. The van der Waals surface area contributed by atoms with E-state index in [4.69, 9.17) is 21.7 Å². The number of hydrogen-bond acceptors (Lipinski definition) is 4. The summed E-state index contributed by atoms with van der Waals surface area (Å²) in [5.41, 5.74) is 2.21. The van der Waals surface area contributed by atoms with E-state index in [0.717, 1.165) is 24.2 Å². The molecule has 148 valence electrons. The summed E-state index contributed by atoms with van der Waals surface area (Å²) in [4.78, 5) is 14.3. The third kappa shape index (κ3) is 4.62. The number of ether oxygens (including phenoxy) is 2. The van der Waals surface area contributed by atoms with Gasteiger partial charge in [-0.1, -0.05) is 43.2 Å². The lowest BCUT2D eigenvalue weighted by Crippen LogP contribution is -2.41. The summed E-state index contributed by atoms with van der Waals surface area (Å²) in [5.74, 6) is 0.464. The zero-order valence-corrected chi connectivity index (χ0v) is 17.1. The fourth-order valence-electron chi connectivity index (χ4n) is 3.67. The van der Waals surface area contributed by atoms with E-state index in [1.807, 2.05) is 36.4 Å². The molecule has 0 spiro atoms. The molecule has 0 heterocycles. The SMILES string of the molecule is COC(=O)c1ccccc1NC(=S)N(Cc1ccccc1OC)C1CCCC1. The van der Waals surface area contributed by atoms with E-state index in [1.54, 1.807) is 13.2 Å². The number of carbonyl (C=O) groups is 1. The van der Waals surface area contributed by atoms with Gasteiger partial charge in [-0.15, -0.1) is 0 Å². The van der Waals surface area contributed by atoms with Crippen LogP contribution in [0, 0.1) is 0 Å². The van der Waals surface area contributed by atoms with Crippen LogP contribution in [0.25, 0.3) is 0 Å². The van der Waals surface area contributed by atoms with Gasteiger partial charge in [0.2, 0.25) is 0 Å². The Morgan fingerprint density at radius 2 is 1.79 bits per heavy atom. The van der Waals surface area contributed by atoms with E-state index in [1.165, 1.54) is 20.0 Å². The lowest BCUT2D eigenvalue weighted by atomic mass is 10.1. The van der Waals surface area contributed by atoms with E-state index < -0.39 is 0 Å². The molecule has 0 unspecified atom stereocenters. The van der Waals surface area contributed by atoms with Crippen LogP contribution >= 0.6 is 12.2 Å². The Labute approximate surface area is 171 Å². The highest BCUT2D eigenvalue weighted by molar-refractivity contribution is 7.80. The maximum absolute atomic E-state index is 12.1. The number of thiocarbonyl (C=S) groups is 1. The van der Waals surface area contributed by atoms with Gasteiger partial charge in [-0.05, 0) is 43.3 Å². The zero-order valence-electron chi connectivity index (χ0n) is 16.3. The molecular formula is C22H26N2O3S. The van der Waals surface area contributed by atoms with Crippen molar-refractivity contribution in [1.82, 2.24) is 4.90 Å². The van der Waals surface area contributed by atoms with Crippen molar-refractivity contribution in [3.05, 3.63) is 59.7 Å². The summed E-state index contributed by atoms with van der Waals surface area (Å²) in [6.45, 7) is 0.654. The molecule has 1 aliphatic rings. The molecule has 1 fully saturated rings. The van der Waals surface area contributed by atoms with Crippen LogP contribution in [0.4, 0.5) is 5.69 Å². The van der Waals surface area contributed by atoms with E-state index in [9.17, 15) is 4.79 Å². The Kier molecular flexibility index (Phi) is 6.87. The van der Waals surface area contributed by atoms with Crippen molar-refractivity contribution < 1.29 is 14.3 Å². The third-order valence-electron chi connectivity index (χ3n) is 5.13. The molecular weight excluding hydrogens is 372 g/mol. The number of methoxy groups -OCH3 is 2. The van der Waals surface area contributed by atoms with Gasteiger partial charge in [0.25, 0.3) is 0 Å². The minimum Gasteiger partial charge on any atom is -0.496 e. The second kappa shape index (κ2) is 9.55. The van der Waals surface area contributed by atoms with Crippen molar-refractivity contribution in [2.45, 2.75) is 38.3 Å². The van der Waals surface area contributed by atoms with Gasteiger partial charge in [0, 0.05) is 18.2 Å². The molecule has 28 heavy (non-hydrogen) atoms. The molecule has 1 aliphatic carbocycles. The first-order valence-electron chi connectivity index (χ1n) is 9.51. The number of esters is 1. The first-order chi connectivity index (χ1) is 13.6. The van der Waals surface area contributed by atoms with Crippen LogP contribution in [0.2, 0.25) is 0 Å². The van der Waals surface area contributed by atoms with Crippen LogP contribution in [0.1, 0.15) is 41.6 Å². The maximum atomic E-state index is 12.1. The van der Waals surface area contributed by atoms with E-state index in [0.29, 0.717) is 28.9 Å². The molecule has 6 heteroatoms. The quantitative estimate of drug-likeness (QED) is 0.566. The number of benzene rings is 2. The van der Waals surface area contributed by atoms with Gasteiger partial charge in [0.15, 0.2) is 5.11 Å². The largest absolute Gasteiger partial charge is 0.496 e. The molecule has 1 saturated carbocycles. The topological polar surface area (TPSA) is 50.8 Å². The van der Waals surface area contributed by atoms with Gasteiger partial charge in [0.1, 0.15) is 5.75 Å². The Morgan fingerprint density at radius 1 is 1.11 bits per heavy atom. The second-order valence-corrected chi connectivity index (χ2v) is 7.23. The van der Waals surface area contributed by atoms with Crippen LogP contribution in [0.5, 0.6) is 5.75 Å². The van der Waals surface area contributed by atoms with Gasteiger partial charge in [0.05, 0.1) is 25.5 Å². The normalized spacial score (nSPS) is 13.8. The molecule has 5 nitrogen and oxygen atoms in total. The number of rotatable bonds is 6. The number of para-hydroxylation sites is 2. The third-order valence-corrected chi connectivity index (χ3v) is 5.47. The molecule has 2 aromatic rings. The Balaban J connectivity index is 1.85. The Bertz CT molecular complexity index is 834. The van der Waals surface area contributed by atoms with Crippen LogP contribution < -0.4 is 10.1 Å². The average Bonchev–Trinajstić information content (AvgIpc) is 3.26. The van der Waals surface area contributed by atoms with Crippen LogP contribution in [0.3, 0.4) is 0 Å². The highest BCUT2D eigenvalue weighted by Gasteiger charge is 2.26. The lowest BCUT2D eigenvalue weighted by Gasteiger charge is -2.32. The van der Waals surface area contributed by atoms with Crippen molar-refractivity contribution >= 4 is 29.0 Å². The molecule has 0 amide bonds. The predicted octanol–water partition coefficient (Wildman–Crippen LogP) is 4.62. The number of carbonyl (C=O) groups excluding carboxylic acids is 1.